The molecule has 0 aliphatic rings. The second-order valence-corrected chi connectivity index (χ2v) is 8.35. The molecule has 2 amide bonds. The molecule has 1 atom stereocenters. The van der Waals surface area contributed by atoms with Gasteiger partial charge in [0.2, 0.25) is 5.91 Å². The summed E-state index contributed by atoms with van der Waals surface area (Å²) in [5.41, 5.74) is 2.09. The van der Waals surface area contributed by atoms with Crippen molar-refractivity contribution in [3.05, 3.63) is 58.1 Å². The summed E-state index contributed by atoms with van der Waals surface area (Å²) >= 11 is 3.51. The summed E-state index contributed by atoms with van der Waals surface area (Å²) in [6.07, 6.45) is 2.25. The number of benzene rings is 2. The van der Waals surface area contributed by atoms with E-state index < -0.39 is 6.04 Å². The highest BCUT2D eigenvalue weighted by molar-refractivity contribution is 9.10. The fourth-order valence-electron chi connectivity index (χ4n) is 3.32. The highest BCUT2D eigenvalue weighted by atomic mass is 79.9. The second kappa shape index (κ2) is 13.1. The van der Waals surface area contributed by atoms with Crippen molar-refractivity contribution in [1.29, 1.82) is 0 Å². The Morgan fingerprint density at radius 2 is 1.75 bits per heavy atom. The van der Waals surface area contributed by atoms with Crippen LogP contribution in [0.3, 0.4) is 0 Å². The third-order valence-corrected chi connectivity index (χ3v) is 5.82. The molecule has 0 heterocycles. The van der Waals surface area contributed by atoms with Crippen molar-refractivity contribution >= 4 is 27.7 Å². The molecule has 0 spiro atoms. The smallest absolute Gasteiger partial charge is 0.261 e. The van der Waals surface area contributed by atoms with Crippen LogP contribution in [0.1, 0.15) is 44.7 Å². The van der Waals surface area contributed by atoms with Crippen LogP contribution in [-0.2, 0) is 22.6 Å². The van der Waals surface area contributed by atoms with Gasteiger partial charge in [0, 0.05) is 13.1 Å². The van der Waals surface area contributed by atoms with Crippen molar-refractivity contribution in [2.24, 2.45) is 0 Å². The Hall–Kier alpha value is -2.54. The van der Waals surface area contributed by atoms with Gasteiger partial charge in [0.25, 0.3) is 5.91 Å². The van der Waals surface area contributed by atoms with Gasteiger partial charge in [-0.1, -0.05) is 39.0 Å². The maximum Gasteiger partial charge on any atom is 0.261 e. The molecule has 0 aliphatic carbocycles. The zero-order chi connectivity index (χ0) is 23.5. The Labute approximate surface area is 199 Å². The molecule has 174 valence electrons. The van der Waals surface area contributed by atoms with Gasteiger partial charge in [0.05, 0.1) is 11.6 Å². The van der Waals surface area contributed by atoms with Crippen molar-refractivity contribution in [2.75, 3.05) is 20.3 Å². The summed E-state index contributed by atoms with van der Waals surface area (Å²) in [6, 6.07) is 12.7. The number of halogens is 1. The number of methoxy groups -OCH3 is 1. The molecular weight excluding hydrogens is 472 g/mol. The minimum Gasteiger partial charge on any atom is -0.497 e. The summed E-state index contributed by atoms with van der Waals surface area (Å²) in [5.74, 6) is 0.946. The molecule has 0 radical (unpaired) electrons. The van der Waals surface area contributed by atoms with Gasteiger partial charge in [-0.05, 0) is 70.6 Å². The van der Waals surface area contributed by atoms with E-state index in [9.17, 15) is 9.59 Å². The zero-order valence-corrected chi connectivity index (χ0v) is 20.9. The first-order valence-electron chi connectivity index (χ1n) is 11.0. The molecular formula is C25H33BrN2O4. The summed E-state index contributed by atoms with van der Waals surface area (Å²) in [5, 5.41) is 2.92. The normalized spacial score (nSPS) is 11.5. The maximum atomic E-state index is 13.2. The topological polar surface area (TPSA) is 67.9 Å². The fraction of sp³-hybridized carbons (Fsp3) is 0.440. The molecule has 0 bridgehead atoms. The first-order valence-corrected chi connectivity index (χ1v) is 11.8. The van der Waals surface area contributed by atoms with Crippen LogP contribution < -0.4 is 14.8 Å². The number of nitrogens with zero attached hydrogens (tertiary/aromatic N) is 1. The van der Waals surface area contributed by atoms with Crippen LogP contribution in [0.2, 0.25) is 0 Å². The lowest BCUT2D eigenvalue weighted by atomic mass is 10.1. The fourth-order valence-corrected chi connectivity index (χ4v) is 3.86. The van der Waals surface area contributed by atoms with E-state index in [1.54, 1.807) is 12.0 Å². The van der Waals surface area contributed by atoms with Gasteiger partial charge in [-0.25, -0.2) is 0 Å². The van der Waals surface area contributed by atoms with Crippen molar-refractivity contribution in [3.63, 3.8) is 0 Å². The number of nitrogens with one attached hydrogen (secondary N) is 1. The average Bonchev–Trinajstić information content (AvgIpc) is 2.81. The van der Waals surface area contributed by atoms with Crippen molar-refractivity contribution in [2.45, 2.75) is 52.6 Å². The van der Waals surface area contributed by atoms with Gasteiger partial charge in [-0.15, -0.1) is 0 Å². The summed E-state index contributed by atoms with van der Waals surface area (Å²) < 4.78 is 11.8. The molecule has 0 fully saturated rings. The standard InChI is InChI=1S/C25H33BrN2O4/c1-5-14-27-25(30)22(7-3)28(16-19-8-11-20(31-4)12-9-19)24(29)17-32-23-13-10-18(6-2)15-21(23)26/h8-13,15,22H,5-7,14,16-17H2,1-4H3,(H,27,30)/t22-/m1/s1. The molecule has 0 aromatic heterocycles. The molecule has 2 aromatic carbocycles. The molecule has 0 saturated heterocycles. The molecule has 6 nitrogen and oxygen atoms in total. The number of carbonyl (C=O) groups is 2. The molecule has 7 heteroatoms. The van der Waals surface area contributed by atoms with Crippen LogP contribution in [0.15, 0.2) is 46.9 Å². The van der Waals surface area contributed by atoms with E-state index in [2.05, 4.69) is 28.2 Å². The Bertz CT molecular complexity index is 886. The lowest BCUT2D eigenvalue weighted by molar-refractivity contribution is -0.143. The largest absolute Gasteiger partial charge is 0.497 e. The number of carbonyl (C=O) groups excluding carboxylic acids is 2. The summed E-state index contributed by atoms with van der Waals surface area (Å²) in [4.78, 5) is 27.6. The van der Waals surface area contributed by atoms with E-state index in [1.165, 1.54) is 5.56 Å². The molecule has 2 rings (SSSR count). The van der Waals surface area contributed by atoms with Crippen molar-refractivity contribution in [3.8, 4) is 11.5 Å². The quantitative estimate of drug-likeness (QED) is 0.453. The van der Waals surface area contributed by atoms with Crippen LogP contribution in [0.5, 0.6) is 11.5 Å². The van der Waals surface area contributed by atoms with Gasteiger partial charge in [0.1, 0.15) is 17.5 Å². The molecule has 32 heavy (non-hydrogen) atoms. The number of ether oxygens (including phenoxy) is 2. The van der Waals surface area contributed by atoms with Crippen LogP contribution in [0.4, 0.5) is 0 Å². The van der Waals surface area contributed by atoms with Crippen molar-refractivity contribution in [1.82, 2.24) is 10.2 Å². The van der Waals surface area contributed by atoms with E-state index in [0.29, 0.717) is 25.3 Å². The van der Waals surface area contributed by atoms with E-state index in [-0.39, 0.29) is 18.4 Å². The SMILES string of the molecule is CCCNC(=O)[C@@H](CC)N(Cc1ccc(OC)cc1)C(=O)COc1ccc(CC)cc1Br. The minimum absolute atomic E-state index is 0.148. The Kier molecular flexibility index (Phi) is 10.5. The number of aryl methyl sites for hydroxylation is 1. The number of amides is 2. The highest BCUT2D eigenvalue weighted by Gasteiger charge is 2.28. The van der Waals surface area contributed by atoms with E-state index in [1.807, 2.05) is 56.3 Å². The molecule has 1 N–H and O–H groups in total. The van der Waals surface area contributed by atoms with Gasteiger partial charge in [-0.2, -0.15) is 0 Å². The Morgan fingerprint density at radius 1 is 1.06 bits per heavy atom. The summed E-state index contributed by atoms with van der Waals surface area (Å²) in [7, 11) is 1.61. The first-order chi connectivity index (χ1) is 15.4. The van der Waals surface area contributed by atoms with Gasteiger partial charge in [0.15, 0.2) is 6.61 Å². The van der Waals surface area contributed by atoms with Gasteiger partial charge < -0.3 is 19.7 Å². The highest BCUT2D eigenvalue weighted by Crippen LogP contribution is 2.26. The predicted octanol–water partition coefficient (Wildman–Crippen LogP) is 4.73. The summed E-state index contributed by atoms with van der Waals surface area (Å²) in [6.45, 7) is 6.71. The van der Waals surface area contributed by atoms with E-state index in [4.69, 9.17) is 9.47 Å². The van der Waals surface area contributed by atoms with E-state index >= 15 is 0 Å². The van der Waals surface area contributed by atoms with Crippen LogP contribution in [-0.4, -0.2) is 43.0 Å². The lowest BCUT2D eigenvalue weighted by Gasteiger charge is -2.30. The Balaban J connectivity index is 2.20. The monoisotopic (exact) mass is 504 g/mol. The third kappa shape index (κ3) is 7.26. The van der Waals surface area contributed by atoms with Gasteiger partial charge in [-0.3, -0.25) is 9.59 Å². The number of hydrogen-bond acceptors (Lipinski definition) is 4. The predicted molar refractivity (Wildman–Crippen MR) is 130 cm³/mol. The van der Waals surface area contributed by atoms with E-state index in [0.717, 1.165) is 28.6 Å². The number of hydrogen-bond donors (Lipinski definition) is 1. The molecule has 0 saturated carbocycles. The second-order valence-electron chi connectivity index (χ2n) is 7.49. The van der Waals surface area contributed by atoms with Crippen molar-refractivity contribution < 1.29 is 19.1 Å². The zero-order valence-electron chi connectivity index (χ0n) is 19.3. The van der Waals surface area contributed by atoms with Crippen LogP contribution in [0.25, 0.3) is 0 Å². The molecule has 0 unspecified atom stereocenters. The first kappa shape index (κ1) is 25.7. The Morgan fingerprint density at radius 3 is 2.31 bits per heavy atom. The number of rotatable bonds is 12. The maximum absolute atomic E-state index is 13.2. The lowest BCUT2D eigenvalue weighted by Crippen LogP contribution is -2.50. The van der Waals surface area contributed by atoms with Crippen LogP contribution >= 0.6 is 15.9 Å². The minimum atomic E-state index is -0.578. The van der Waals surface area contributed by atoms with Crippen LogP contribution in [0, 0.1) is 0 Å². The molecule has 2 aromatic rings. The average molecular weight is 505 g/mol. The van der Waals surface area contributed by atoms with Gasteiger partial charge >= 0.3 is 0 Å². The third-order valence-electron chi connectivity index (χ3n) is 5.20. The molecule has 0 aliphatic heterocycles.